The van der Waals surface area contributed by atoms with Gasteiger partial charge >= 0.3 is 0 Å². The summed E-state index contributed by atoms with van der Waals surface area (Å²) >= 11 is 0. The second-order valence-electron chi connectivity index (χ2n) is 5.03. The molecule has 2 rings (SSSR count). The van der Waals surface area contributed by atoms with E-state index in [1.54, 1.807) is 7.11 Å². The van der Waals surface area contributed by atoms with E-state index in [0.717, 1.165) is 32.4 Å². The summed E-state index contributed by atoms with van der Waals surface area (Å²) in [5.41, 5.74) is 0. The summed E-state index contributed by atoms with van der Waals surface area (Å²) in [6, 6.07) is 0.230. The minimum Gasteiger partial charge on any atom is -0.379 e. The number of carbonyl (C=O) groups is 1. The molecule has 16 heavy (non-hydrogen) atoms. The Morgan fingerprint density at radius 1 is 1.44 bits per heavy atom. The van der Waals surface area contributed by atoms with Gasteiger partial charge in [0.15, 0.2) is 0 Å². The maximum Gasteiger partial charge on any atom is 0.223 e. The zero-order valence-electron chi connectivity index (χ0n) is 10.2. The third-order valence-corrected chi connectivity index (χ3v) is 4.02. The average Bonchev–Trinajstić information content (AvgIpc) is 2.62. The molecule has 0 aromatic carbocycles. The van der Waals surface area contributed by atoms with Crippen molar-refractivity contribution in [2.75, 3.05) is 20.2 Å². The predicted molar refractivity (Wildman–Crippen MR) is 62.1 cm³/mol. The highest BCUT2D eigenvalue weighted by molar-refractivity contribution is 5.79. The summed E-state index contributed by atoms with van der Waals surface area (Å²) in [6.07, 6.45) is 3.50. The van der Waals surface area contributed by atoms with E-state index >= 15 is 0 Å². The van der Waals surface area contributed by atoms with Gasteiger partial charge in [-0.05, 0) is 38.3 Å². The van der Waals surface area contributed by atoms with Crippen LogP contribution in [0.5, 0.6) is 0 Å². The summed E-state index contributed by atoms with van der Waals surface area (Å²) in [5, 5.41) is 6.34. The molecule has 0 bridgehead atoms. The third-order valence-electron chi connectivity index (χ3n) is 4.02. The molecule has 1 saturated heterocycles. The fourth-order valence-electron chi connectivity index (χ4n) is 2.57. The molecule has 3 unspecified atom stereocenters. The number of ether oxygens (including phenoxy) is 1. The Kier molecular flexibility index (Phi) is 3.82. The molecule has 0 aromatic rings. The molecule has 1 aliphatic heterocycles. The van der Waals surface area contributed by atoms with E-state index in [9.17, 15) is 4.79 Å². The third kappa shape index (κ3) is 2.38. The van der Waals surface area contributed by atoms with Gasteiger partial charge in [-0.15, -0.1) is 0 Å². The van der Waals surface area contributed by atoms with Crippen molar-refractivity contribution in [3.8, 4) is 0 Å². The zero-order valence-corrected chi connectivity index (χ0v) is 10.2. The van der Waals surface area contributed by atoms with Gasteiger partial charge in [-0.1, -0.05) is 6.92 Å². The summed E-state index contributed by atoms with van der Waals surface area (Å²) in [7, 11) is 1.73. The van der Waals surface area contributed by atoms with Crippen LogP contribution in [-0.4, -0.2) is 38.3 Å². The molecule has 0 radical (unpaired) electrons. The van der Waals surface area contributed by atoms with Crippen molar-refractivity contribution in [3.63, 3.8) is 0 Å². The number of nitrogens with one attached hydrogen (secondary N) is 2. The topological polar surface area (TPSA) is 50.4 Å². The SMILES string of the molecule is COC1CCCC1NC(=O)C(C)C1CNC1. The molecule has 0 spiro atoms. The standard InChI is InChI=1S/C12H22N2O2/c1-8(9-6-13-7-9)12(15)14-10-4-3-5-11(10)16-2/h8-11,13H,3-7H2,1-2H3,(H,14,15). The molecule has 4 nitrogen and oxygen atoms in total. The van der Waals surface area contributed by atoms with Crippen LogP contribution in [0.25, 0.3) is 0 Å². The molecule has 3 atom stereocenters. The summed E-state index contributed by atoms with van der Waals surface area (Å²) < 4.78 is 5.38. The molecule has 0 aromatic heterocycles. The second-order valence-corrected chi connectivity index (χ2v) is 5.03. The van der Waals surface area contributed by atoms with Crippen LogP contribution >= 0.6 is 0 Å². The van der Waals surface area contributed by atoms with Crippen LogP contribution in [0, 0.1) is 11.8 Å². The van der Waals surface area contributed by atoms with Crippen molar-refractivity contribution in [1.29, 1.82) is 0 Å². The van der Waals surface area contributed by atoms with Crippen LogP contribution in [0.15, 0.2) is 0 Å². The molecular formula is C12H22N2O2. The van der Waals surface area contributed by atoms with Gasteiger partial charge in [0, 0.05) is 13.0 Å². The lowest BCUT2D eigenvalue weighted by Crippen LogP contribution is -2.52. The van der Waals surface area contributed by atoms with Crippen molar-refractivity contribution in [2.24, 2.45) is 11.8 Å². The fourth-order valence-corrected chi connectivity index (χ4v) is 2.57. The number of carbonyl (C=O) groups excluding carboxylic acids is 1. The van der Waals surface area contributed by atoms with Crippen LogP contribution in [0.3, 0.4) is 0 Å². The quantitative estimate of drug-likeness (QED) is 0.735. The monoisotopic (exact) mass is 226 g/mol. The van der Waals surface area contributed by atoms with Crippen LogP contribution in [-0.2, 0) is 9.53 Å². The highest BCUT2D eigenvalue weighted by atomic mass is 16.5. The lowest BCUT2D eigenvalue weighted by molar-refractivity contribution is -0.128. The van der Waals surface area contributed by atoms with Crippen LogP contribution < -0.4 is 10.6 Å². The number of hydrogen-bond acceptors (Lipinski definition) is 3. The first-order valence-corrected chi connectivity index (χ1v) is 6.26. The molecule has 2 N–H and O–H groups in total. The maximum absolute atomic E-state index is 12.0. The van der Waals surface area contributed by atoms with E-state index in [0.29, 0.717) is 5.92 Å². The summed E-state index contributed by atoms with van der Waals surface area (Å²) in [5.74, 6) is 0.835. The van der Waals surface area contributed by atoms with Crippen LogP contribution in [0.4, 0.5) is 0 Å². The fraction of sp³-hybridized carbons (Fsp3) is 0.917. The second kappa shape index (κ2) is 5.15. The van der Waals surface area contributed by atoms with E-state index < -0.39 is 0 Å². The minimum atomic E-state index is 0.124. The smallest absolute Gasteiger partial charge is 0.223 e. The minimum absolute atomic E-state index is 0.124. The Morgan fingerprint density at radius 2 is 2.19 bits per heavy atom. The van der Waals surface area contributed by atoms with E-state index in [-0.39, 0.29) is 24.0 Å². The highest BCUT2D eigenvalue weighted by Gasteiger charge is 2.33. The Hall–Kier alpha value is -0.610. The molecule has 2 fully saturated rings. The number of hydrogen-bond donors (Lipinski definition) is 2. The van der Waals surface area contributed by atoms with Gasteiger partial charge in [0.2, 0.25) is 5.91 Å². The first-order chi connectivity index (χ1) is 7.72. The first kappa shape index (κ1) is 11.9. The highest BCUT2D eigenvalue weighted by Crippen LogP contribution is 2.23. The maximum atomic E-state index is 12.0. The first-order valence-electron chi connectivity index (χ1n) is 6.26. The Morgan fingerprint density at radius 3 is 2.75 bits per heavy atom. The molecule has 1 saturated carbocycles. The molecule has 4 heteroatoms. The van der Waals surface area contributed by atoms with Gasteiger partial charge in [-0.3, -0.25) is 4.79 Å². The summed E-state index contributed by atoms with van der Waals surface area (Å²) in [4.78, 5) is 12.0. The van der Waals surface area contributed by atoms with Crippen molar-refractivity contribution < 1.29 is 9.53 Å². The lowest BCUT2D eigenvalue weighted by atomic mass is 9.88. The number of rotatable bonds is 4. The molecule has 92 valence electrons. The van der Waals surface area contributed by atoms with Gasteiger partial charge in [0.1, 0.15) is 0 Å². The van der Waals surface area contributed by atoms with Crippen LogP contribution in [0.2, 0.25) is 0 Å². The lowest BCUT2D eigenvalue weighted by Gasteiger charge is -2.32. The van der Waals surface area contributed by atoms with E-state index in [2.05, 4.69) is 10.6 Å². The predicted octanol–water partition coefficient (Wildman–Crippen LogP) is 0.526. The van der Waals surface area contributed by atoms with Crippen molar-refractivity contribution in [3.05, 3.63) is 0 Å². The number of amides is 1. The molecule has 2 aliphatic rings. The zero-order chi connectivity index (χ0) is 11.5. The Labute approximate surface area is 97.1 Å². The van der Waals surface area contributed by atoms with Gasteiger partial charge in [0.05, 0.1) is 12.1 Å². The Bertz CT molecular complexity index is 253. The van der Waals surface area contributed by atoms with Gasteiger partial charge in [0.25, 0.3) is 0 Å². The normalized spacial score (nSPS) is 32.1. The van der Waals surface area contributed by atoms with Crippen LogP contribution in [0.1, 0.15) is 26.2 Å². The van der Waals surface area contributed by atoms with E-state index in [4.69, 9.17) is 4.74 Å². The largest absolute Gasteiger partial charge is 0.379 e. The van der Waals surface area contributed by atoms with E-state index in [1.165, 1.54) is 0 Å². The van der Waals surface area contributed by atoms with Crippen molar-refractivity contribution in [2.45, 2.75) is 38.3 Å². The molecule has 1 heterocycles. The van der Waals surface area contributed by atoms with Crippen molar-refractivity contribution >= 4 is 5.91 Å². The molecule has 1 aliphatic carbocycles. The molecule has 1 amide bonds. The van der Waals surface area contributed by atoms with Gasteiger partial charge < -0.3 is 15.4 Å². The van der Waals surface area contributed by atoms with Gasteiger partial charge in [-0.2, -0.15) is 0 Å². The molecular weight excluding hydrogens is 204 g/mol. The van der Waals surface area contributed by atoms with E-state index in [1.807, 2.05) is 6.92 Å². The summed E-state index contributed by atoms with van der Waals surface area (Å²) in [6.45, 7) is 3.98. The Balaban J connectivity index is 1.81. The average molecular weight is 226 g/mol. The number of methoxy groups -OCH3 is 1. The van der Waals surface area contributed by atoms with Crippen molar-refractivity contribution in [1.82, 2.24) is 10.6 Å². The van der Waals surface area contributed by atoms with Gasteiger partial charge in [-0.25, -0.2) is 0 Å².